The molecule has 7 nitrogen and oxygen atoms in total. The Hall–Kier alpha value is -2.96. The van der Waals surface area contributed by atoms with Crippen molar-refractivity contribution in [3.05, 3.63) is 48.5 Å². The fourth-order valence-electron chi connectivity index (χ4n) is 2.87. The van der Waals surface area contributed by atoms with Crippen LogP contribution in [0.2, 0.25) is 0 Å². The summed E-state index contributed by atoms with van der Waals surface area (Å²) in [6.45, 7) is 2.76. The second-order valence-corrected chi connectivity index (χ2v) is 5.43. The van der Waals surface area contributed by atoms with Gasteiger partial charge in [-0.05, 0) is 18.2 Å². The molecule has 0 unspecified atom stereocenters. The largest absolute Gasteiger partial charge is 0.345 e. The number of anilines is 1. The van der Waals surface area contributed by atoms with Gasteiger partial charge in [0, 0.05) is 38.6 Å². The third kappa shape index (κ3) is 2.50. The highest BCUT2D eigenvalue weighted by Gasteiger charge is 2.24. The molecular formula is C16H16N6O. The molecule has 3 aromatic rings. The van der Waals surface area contributed by atoms with Gasteiger partial charge in [0.15, 0.2) is 0 Å². The minimum absolute atomic E-state index is 0.0244. The van der Waals surface area contributed by atoms with E-state index in [2.05, 4.69) is 24.8 Å². The lowest BCUT2D eigenvalue weighted by Gasteiger charge is -2.34. The van der Waals surface area contributed by atoms with Crippen molar-refractivity contribution >= 4 is 22.9 Å². The zero-order valence-corrected chi connectivity index (χ0v) is 12.5. The van der Waals surface area contributed by atoms with Gasteiger partial charge < -0.3 is 14.8 Å². The molecule has 0 spiro atoms. The third-order valence-electron chi connectivity index (χ3n) is 4.08. The van der Waals surface area contributed by atoms with Crippen molar-refractivity contribution in [2.24, 2.45) is 0 Å². The normalized spacial score (nSPS) is 15.1. The van der Waals surface area contributed by atoms with E-state index in [1.54, 1.807) is 24.8 Å². The molecule has 1 amide bonds. The molecule has 23 heavy (non-hydrogen) atoms. The van der Waals surface area contributed by atoms with Crippen LogP contribution < -0.4 is 4.90 Å². The summed E-state index contributed by atoms with van der Waals surface area (Å²) in [5, 5.41) is 0. The van der Waals surface area contributed by atoms with Gasteiger partial charge in [-0.3, -0.25) is 4.79 Å². The van der Waals surface area contributed by atoms with E-state index >= 15 is 0 Å². The van der Waals surface area contributed by atoms with Crippen LogP contribution in [-0.2, 0) is 0 Å². The number of carbonyl (C=O) groups is 1. The summed E-state index contributed by atoms with van der Waals surface area (Å²) >= 11 is 0. The Bertz CT molecular complexity index is 823. The van der Waals surface area contributed by atoms with Crippen LogP contribution in [0.15, 0.2) is 43.0 Å². The van der Waals surface area contributed by atoms with E-state index in [9.17, 15) is 4.79 Å². The summed E-state index contributed by atoms with van der Waals surface area (Å²) in [5.74, 6) is 0.741. The van der Waals surface area contributed by atoms with Gasteiger partial charge in [-0.25, -0.2) is 15.0 Å². The number of amides is 1. The number of piperazine rings is 1. The van der Waals surface area contributed by atoms with E-state index in [1.165, 1.54) is 0 Å². The maximum absolute atomic E-state index is 12.8. The maximum atomic E-state index is 12.8. The predicted molar refractivity (Wildman–Crippen MR) is 86.2 cm³/mol. The first-order chi connectivity index (χ1) is 11.3. The summed E-state index contributed by atoms with van der Waals surface area (Å²) in [6.07, 6.45) is 5.09. The topological polar surface area (TPSA) is 78.0 Å². The molecule has 7 heteroatoms. The van der Waals surface area contributed by atoms with Crippen LogP contribution >= 0.6 is 0 Å². The van der Waals surface area contributed by atoms with Crippen LogP contribution in [0.25, 0.3) is 11.0 Å². The zero-order chi connectivity index (χ0) is 15.6. The summed E-state index contributed by atoms with van der Waals surface area (Å²) in [6, 6.07) is 7.43. The number of hydrogen-bond acceptors (Lipinski definition) is 5. The van der Waals surface area contributed by atoms with Crippen LogP contribution in [0, 0.1) is 0 Å². The first-order valence-electron chi connectivity index (χ1n) is 7.56. The molecular weight excluding hydrogens is 292 g/mol. The highest BCUT2D eigenvalue weighted by Crippen LogP contribution is 2.18. The lowest BCUT2D eigenvalue weighted by Crippen LogP contribution is -2.49. The SMILES string of the molecule is O=C(c1cccc2[nH]cnc12)N1CCN(c2ncccn2)CC1. The number of hydrogen-bond donors (Lipinski definition) is 1. The van der Waals surface area contributed by atoms with Crippen molar-refractivity contribution in [1.82, 2.24) is 24.8 Å². The molecule has 0 aliphatic carbocycles. The molecule has 116 valence electrons. The van der Waals surface area contributed by atoms with E-state index in [0.717, 1.165) is 24.1 Å². The standard InChI is InChI=1S/C16H16N6O/c23-15(12-3-1-4-13-14(12)20-11-19-13)21-7-9-22(10-8-21)16-17-5-2-6-18-16/h1-6,11H,7-10H2,(H,19,20). The highest BCUT2D eigenvalue weighted by molar-refractivity contribution is 6.04. The number of nitrogens with one attached hydrogen (secondary N) is 1. The Morgan fingerprint density at radius 3 is 2.57 bits per heavy atom. The third-order valence-corrected chi connectivity index (χ3v) is 4.08. The first-order valence-corrected chi connectivity index (χ1v) is 7.56. The second kappa shape index (κ2) is 5.68. The van der Waals surface area contributed by atoms with Crippen LogP contribution in [-0.4, -0.2) is 56.9 Å². The number of aromatic nitrogens is 4. The number of imidazole rings is 1. The van der Waals surface area contributed by atoms with Gasteiger partial charge in [-0.1, -0.05) is 6.07 Å². The average Bonchev–Trinajstić information content (AvgIpc) is 3.11. The average molecular weight is 308 g/mol. The Morgan fingerprint density at radius 2 is 1.78 bits per heavy atom. The number of benzene rings is 1. The van der Waals surface area contributed by atoms with Crippen molar-refractivity contribution in [2.45, 2.75) is 0 Å². The lowest BCUT2D eigenvalue weighted by molar-refractivity contribution is 0.0748. The van der Waals surface area contributed by atoms with E-state index < -0.39 is 0 Å². The minimum atomic E-state index is 0.0244. The van der Waals surface area contributed by atoms with Gasteiger partial charge in [0.1, 0.15) is 5.52 Å². The first kappa shape index (κ1) is 13.7. The van der Waals surface area contributed by atoms with Crippen LogP contribution in [0.1, 0.15) is 10.4 Å². The fraction of sp³-hybridized carbons (Fsp3) is 0.250. The molecule has 1 fully saturated rings. The molecule has 1 N–H and O–H groups in total. The van der Waals surface area contributed by atoms with E-state index in [1.807, 2.05) is 23.1 Å². The van der Waals surface area contributed by atoms with Crippen molar-refractivity contribution in [3.8, 4) is 0 Å². The molecule has 1 aliphatic rings. The number of nitrogens with zero attached hydrogens (tertiary/aromatic N) is 5. The fourth-order valence-corrected chi connectivity index (χ4v) is 2.87. The Balaban J connectivity index is 1.50. The Morgan fingerprint density at radius 1 is 1.00 bits per heavy atom. The highest BCUT2D eigenvalue weighted by atomic mass is 16.2. The number of H-pyrrole nitrogens is 1. The van der Waals surface area contributed by atoms with E-state index in [4.69, 9.17) is 0 Å². The van der Waals surface area contributed by atoms with Crippen molar-refractivity contribution in [2.75, 3.05) is 31.1 Å². The van der Waals surface area contributed by atoms with E-state index in [-0.39, 0.29) is 5.91 Å². The van der Waals surface area contributed by atoms with E-state index in [0.29, 0.717) is 24.6 Å². The van der Waals surface area contributed by atoms with Crippen molar-refractivity contribution in [3.63, 3.8) is 0 Å². The number of rotatable bonds is 2. The lowest BCUT2D eigenvalue weighted by atomic mass is 10.1. The van der Waals surface area contributed by atoms with Crippen molar-refractivity contribution < 1.29 is 4.79 Å². The Kier molecular flexibility index (Phi) is 3.38. The van der Waals surface area contributed by atoms with Gasteiger partial charge in [-0.15, -0.1) is 0 Å². The molecule has 4 rings (SSSR count). The predicted octanol–water partition coefficient (Wildman–Crippen LogP) is 1.32. The smallest absolute Gasteiger partial charge is 0.256 e. The van der Waals surface area contributed by atoms with Crippen molar-refractivity contribution in [1.29, 1.82) is 0 Å². The Labute approximate surface area is 133 Å². The summed E-state index contributed by atoms with van der Waals surface area (Å²) in [7, 11) is 0. The van der Waals surface area contributed by atoms with Gasteiger partial charge in [0.25, 0.3) is 5.91 Å². The van der Waals surface area contributed by atoms with Crippen LogP contribution in [0.4, 0.5) is 5.95 Å². The molecule has 0 bridgehead atoms. The quantitative estimate of drug-likeness (QED) is 0.772. The molecule has 3 heterocycles. The molecule has 0 saturated carbocycles. The molecule has 0 atom stereocenters. The molecule has 0 radical (unpaired) electrons. The van der Waals surface area contributed by atoms with Gasteiger partial charge in [-0.2, -0.15) is 0 Å². The summed E-state index contributed by atoms with van der Waals surface area (Å²) in [4.78, 5) is 32.6. The summed E-state index contributed by atoms with van der Waals surface area (Å²) in [5.41, 5.74) is 2.26. The second-order valence-electron chi connectivity index (χ2n) is 5.43. The monoisotopic (exact) mass is 308 g/mol. The van der Waals surface area contributed by atoms with Crippen LogP contribution in [0.5, 0.6) is 0 Å². The number of para-hydroxylation sites is 1. The molecule has 2 aromatic heterocycles. The maximum Gasteiger partial charge on any atom is 0.256 e. The van der Waals surface area contributed by atoms with Gasteiger partial charge >= 0.3 is 0 Å². The van der Waals surface area contributed by atoms with Crippen LogP contribution in [0.3, 0.4) is 0 Å². The minimum Gasteiger partial charge on any atom is -0.345 e. The number of carbonyl (C=O) groups excluding carboxylic acids is 1. The number of fused-ring (bicyclic) bond motifs is 1. The van der Waals surface area contributed by atoms with Gasteiger partial charge in [0.2, 0.25) is 5.95 Å². The molecule has 1 saturated heterocycles. The zero-order valence-electron chi connectivity index (χ0n) is 12.5. The molecule has 1 aliphatic heterocycles. The summed E-state index contributed by atoms with van der Waals surface area (Å²) < 4.78 is 0. The number of aromatic amines is 1. The molecule has 1 aromatic carbocycles. The van der Waals surface area contributed by atoms with Gasteiger partial charge in [0.05, 0.1) is 17.4 Å².